The molecule has 1 aromatic heterocycles. The van der Waals surface area contributed by atoms with Crippen LogP contribution in [0.2, 0.25) is 0 Å². The first-order valence-electron chi connectivity index (χ1n) is 5.85. The molecular formula is C12H23N3. The summed E-state index contributed by atoms with van der Waals surface area (Å²) in [4.78, 5) is 0. The van der Waals surface area contributed by atoms with Crippen molar-refractivity contribution in [3.63, 3.8) is 0 Å². The quantitative estimate of drug-likeness (QED) is 0.806. The Morgan fingerprint density at radius 3 is 2.47 bits per heavy atom. The molecule has 3 heteroatoms. The summed E-state index contributed by atoms with van der Waals surface area (Å²) in [6.45, 7) is 11.0. The fourth-order valence-electron chi connectivity index (χ4n) is 1.45. The van der Waals surface area contributed by atoms with Gasteiger partial charge in [-0.15, -0.1) is 0 Å². The van der Waals surface area contributed by atoms with E-state index in [9.17, 15) is 0 Å². The van der Waals surface area contributed by atoms with Gasteiger partial charge in [-0.25, -0.2) is 0 Å². The minimum absolute atomic E-state index is 0.430. The summed E-state index contributed by atoms with van der Waals surface area (Å²) in [5, 5.41) is 7.79. The number of aromatic nitrogens is 2. The van der Waals surface area contributed by atoms with Crippen molar-refractivity contribution in [2.45, 2.75) is 53.1 Å². The maximum absolute atomic E-state index is 4.31. The second-order valence-corrected chi connectivity index (χ2v) is 4.62. The van der Waals surface area contributed by atoms with Gasteiger partial charge in [0, 0.05) is 18.3 Å². The van der Waals surface area contributed by atoms with Crippen LogP contribution < -0.4 is 5.32 Å². The molecule has 0 aliphatic heterocycles. The Hall–Kier alpha value is -0.990. The summed E-state index contributed by atoms with van der Waals surface area (Å²) in [6.07, 6.45) is 5.18. The highest BCUT2D eigenvalue weighted by atomic mass is 15.3. The monoisotopic (exact) mass is 209 g/mol. The highest BCUT2D eigenvalue weighted by Crippen LogP contribution is 2.15. The van der Waals surface area contributed by atoms with Crippen LogP contribution in [0.1, 0.15) is 47.1 Å². The van der Waals surface area contributed by atoms with Crippen LogP contribution in [0.25, 0.3) is 0 Å². The van der Waals surface area contributed by atoms with Crippen LogP contribution in [0.4, 0.5) is 5.69 Å². The van der Waals surface area contributed by atoms with Crippen LogP contribution in [0.15, 0.2) is 12.4 Å². The van der Waals surface area contributed by atoms with E-state index < -0.39 is 0 Å². The molecule has 1 rings (SSSR count). The second-order valence-electron chi connectivity index (χ2n) is 4.62. The summed E-state index contributed by atoms with van der Waals surface area (Å²) in [6, 6.07) is 0.930. The van der Waals surface area contributed by atoms with Gasteiger partial charge in [0.25, 0.3) is 0 Å². The van der Waals surface area contributed by atoms with E-state index in [2.05, 4.69) is 51.2 Å². The molecule has 0 amide bonds. The van der Waals surface area contributed by atoms with Gasteiger partial charge in [0.05, 0.1) is 11.9 Å². The smallest absolute Gasteiger partial charge is 0.0728 e. The fourth-order valence-corrected chi connectivity index (χ4v) is 1.45. The molecule has 86 valence electrons. The lowest BCUT2D eigenvalue weighted by Crippen LogP contribution is -2.22. The molecule has 0 aromatic carbocycles. The molecule has 0 radical (unpaired) electrons. The Bertz CT molecular complexity index is 291. The van der Waals surface area contributed by atoms with Gasteiger partial charge in [0.1, 0.15) is 0 Å². The molecule has 0 saturated carbocycles. The predicted octanol–water partition coefficient (Wildman–Crippen LogP) is 3.31. The molecule has 1 aromatic rings. The average molecular weight is 209 g/mol. The molecular weight excluding hydrogens is 186 g/mol. The van der Waals surface area contributed by atoms with Crippen molar-refractivity contribution in [3.05, 3.63) is 12.4 Å². The van der Waals surface area contributed by atoms with Crippen molar-refractivity contribution in [3.8, 4) is 0 Å². The van der Waals surface area contributed by atoms with E-state index >= 15 is 0 Å². The Morgan fingerprint density at radius 1 is 1.33 bits per heavy atom. The average Bonchev–Trinajstić information content (AvgIpc) is 2.65. The first-order valence-corrected chi connectivity index (χ1v) is 5.85. The van der Waals surface area contributed by atoms with Gasteiger partial charge in [-0.3, -0.25) is 4.68 Å². The maximum Gasteiger partial charge on any atom is 0.0728 e. The van der Waals surface area contributed by atoms with Crippen molar-refractivity contribution in [1.29, 1.82) is 0 Å². The Balaban J connectivity index is 2.57. The van der Waals surface area contributed by atoms with Gasteiger partial charge in [0.2, 0.25) is 0 Å². The molecule has 0 aliphatic rings. The molecule has 1 N–H and O–H groups in total. The Labute approximate surface area is 92.9 Å². The van der Waals surface area contributed by atoms with Gasteiger partial charge in [-0.2, -0.15) is 5.10 Å². The number of rotatable bonds is 5. The van der Waals surface area contributed by atoms with E-state index in [1.807, 2.05) is 10.9 Å². The maximum atomic E-state index is 4.31. The van der Waals surface area contributed by atoms with Crippen molar-refractivity contribution in [1.82, 2.24) is 9.78 Å². The van der Waals surface area contributed by atoms with E-state index in [4.69, 9.17) is 0 Å². The van der Waals surface area contributed by atoms with Crippen LogP contribution in [0.3, 0.4) is 0 Å². The lowest BCUT2D eigenvalue weighted by molar-refractivity contribution is 0.494. The Kier molecular flexibility index (Phi) is 4.18. The van der Waals surface area contributed by atoms with Gasteiger partial charge < -0.3 is 5.32 Å². The standard InChI is InChI=1S/C12H23N3/c1-6-10(4)11(5)14-12-7-13-15(8-12)9(2)3/h7-11,14H,6H2,1-5H3. The number of nitrogens with one attached hydrogen (secondary N) is 1. The van der Waals surface area contributed by atoms with Crippen LogP contribution in [-0.2, 0) is 0 Å². The van der Waals surface area contributed by atoms with Gasteiger partial charge in [-0.1, -0.05) is 20.3 Å². The first-order chi connectivity index (χ1) is 7.04. The summed E-state index contributed by atoms with van der Waals surface area (Å²) >= 11 is 0. The van der Waals surface area contributed by atoms with Gasteiger partial charge in [-0.05, 0) is 26.7 Å². The third-order valence-corrected chi connectivity index (χ3v) is 3.02. The minimum Gasteiger partial charge on any atom is -0.380 e. The second kappa shape index (κ2) is 5.19. The topological polar surface area (TPSA) is 29.9 Å². The summed E-state index contributed by atoms with van der Waals surface area (Å²) in [5.41, 5.74) is 1.12. The van der Waals surface area contributed by atoms with E-state index in [-0.39, 0.29) is 0 Å². The van der Waals surface area contributed by atoms with Crippen LogP contribution in [-0.4, -0.2) is 15.8 Å². The highest BCUT2D eigenvalue weighted by Gasteiger charge is 2.10. The van der Waals surface area contributed by atoms with Crippen molar-refractivity contribution < 1.29 is 0 Å². The molecule has 3 nitrogen and oxygen atoms in total. The van der Waals surface area contributed by atoms with E-state index in [1.165, 1.54) is 6.42 Å². The molecule has 2 unspecified atom stereocenters. The number of nitrogens with zero attached hydrogens (tertiary/aromatic N) is 2. The molecule has 1 heterocycles. The summed E-state index contributed by atoms with van der Waals surface area (Å²) < 4.78 is 1.98. The molecule has 0 bridgehead atoms. The Morgan fingerprint density at radius 2 is 2.00 bits per heavy atom. The van der Waals surface area contributed by atoms with Crippen LogP contribution >= 0.6 is 0 Å². The summed E-state index contributed by atoms with van der Waals surface area (Å²) in [5.74, 6) is 0.687. The predicted molar refractivity (Wildman–Crippen MR) is 65.2 cm³/mol. The van der Waals surface area contributed by atoms with Crippen molar-refractivity contribution >= 4 is 5.69 Å². The number of hydrogen-bond acceptors (Lipinski definition) is 2. The molecule has 0 saturated heterocycles. The number of hydrogen-bond donors (Lipinski definition) is 1. The fraction of sp³-hybridized carbons (Fsp3) is 0.750. The lowest BCUT2D eigenvalue weighted by atomic mass is 10.0. The van der Waals surface area contributed by atoms with Crippen LogP contribution in [0.5, 0.6) is 0 Å². The SMILES string of the molecule is CCC(C)C(C)Nc1cnn(C(C)C)c1. The molecule has 15 heavy (non-hydrogen) atoms. The van der Waals surface area contributed by atoms with Gasteiger partial charge >= 0.3 is 0 Å². The molecule has 0 spiro atoms. The molecule has 0 fully saturated rings. The van der Waals surface area contributed by atoms with E-state index in [0.29, 0.717) is 18.0 Å². The third-order valence-electron chi connectivity index (χ3n) is 3.02. The largest absolute Gasteiger partial charge is 0.380 e. The molecule has 0 aliphatic carbocycles. The van der Waals surface area contributed by atoms with Gasteiger partial charge in [0.15, 0.2) is 0 Å². The summed E-state index contributed by atoms with van der Waals surface area (Å²) in [7, 11) is 0. The normalized spacial score (nSPS) is 15.3. The zero-order chi connectivity index (χ0) is 11.4. The lowest BCUT2D eigenvalue weighted by Gasteiger charge is -2.19. The minimum atomic E-state index is 0.430. The zero-order valence-corrected chi connectivity index (χ0v) is 10.5. The van der Waals surface area contributed by atoms with Crippen LogP contribution in [0, 0.1) is 5.92 Å². The highest BCUT2D eigenvalue weighted by molar-refractivity contribution is 5.39. The van der Waals surface area contributed by atoms with E-state index in [0.717, 1.165) is 5.69 Å². The third kappa shape index (κ3) is 3.26. The van der Waals surface area contributed by atoms with E-state index in [1.54, 1.807) is 0 Å². The number of anilines is 1. The van der Waals surface area contributed by atoms with Crippen molar-refractivity contribution in [2.75, 3.05) is 5.32 Å². The molecule has 2 atom stereocenters. The van der Waals surface area contributed by atoms with Crippen molar-refractivity contribution in [2.24, 2.45) is 5.92 Å². The first kappa shape index (κ1) is 12.1. The zero-order valence-electron chi connectivity index (χ0n) is 10.5.